The van der Waals surface area contributed by atoms with Crippen LogP contribution in [0.4, 0.5) is 0 Å². The maximum absolute atomic E-state index is 13.4. The molecule has 12 heteroatoms. The van der Waals surface area contributed by atoms with Crippen molar-refractivity contribution >= 4 is 23.0 Å². The monoisotopic (exact) mass is 583 g/mol. The van der Waals surface area contributed by atoms with Crippen molar-refractivity contribution in [2.24, 2.45) is 5.92 Å². The van der Waals surface area contributed by atoms with E-state index in [0.29, 0.717) is 41.6 Å². The molecule has 0 saturated heterocycles. The Balaban J connectivity index is 1.26. The van der Waals surface area contributed by atoms with E-state index in [9.17, 15) is 9.59 Å². The molecule has 0 amide bonds. The highest BCUT2D eigenvalue weighted by molar-refractivity contribution is 6.02. The number of imidazole rings is 1. The average Bonchev–Trinajstić information content (AvgIpc) is 3.81. The van der Waals surface area contributed by atoms with Gasteiger partial charge in [0.1, 0.15) is 0 Å². The molecular formula is C31H33N7O5. The van der Waals surface area contributed by atoms with Crippen molar-refractivity contribution in [3.8, 4) is 23.2 Å². The number of carbonyl (C=O) groups excluding carboxylic acids is 2. The number of carbonyl (C=O) groups is 2. The van der Waals surface area contributed by atoms with E-state index in [0.717, 1.165) is 48.2 Å². The summed E-state index contributed by atoms with van der Waals surface area (Å²) in [5.41, 5.74) is 5.31. The summed E-state index contributed by atoms with van der Waals surface area (Å²) >= 11 is 0. The molecule has 0 spiro atoms. The van der Waals surface area contributed by atoms with Gasteiger partial charge in [-0.15, -0.1) is 5.10 Å². The molecule has 1 atom stereocenters. The van der Waals surface area contributed by atoms with Crippen LogP contribution in [0.15, 0.2) is 54.7 Å². The van der Waals surface area contributed by atoms with Gasteiger partial charge in [-0.05, 0) is 78.6 Å². The summed E-state index contributed by atoms with van der Waals surface area (Å²) in [7, 11) is 0. The third-order valence-electron chi connectivity index (χ3n) is 7.57. The van der Waals surface area contributed by atoms with Gasteiger partial charge in [-0.1, -0.05) is 31.0 Å². The van der Waals surface area contributed by atoms with Crippen LogP contribution in [-0.4, -0.2) is 59.6 Å². The van der Waals surface area contributed by atoms with Crippen molar-refractivity contribution in [2.45, 2.75) is 59.3 Å². The first-order valence-corrected chi connectivity index (χ1v) is 14.5. The molecule has 1 aliphatic rings. The molecular weight excluding hydrogens is 550 g/mol. The Morgan fingerprint density at radius 1 is 1.09 bits per heavy atom. The quantitative estimate of drug-likeness (QED) is 0.178. The van der Waals surface area contributed by atoms with Crippen molar-refractivity contribution in [2.75, 3.05) is 6.61 Å². The minimum absolute atomic E-state index is 0.126. The Kier molecular flexibility index (Phi) is 7.91. The first-order valence-electron chi connectivity index (χ1n) is 14.5. The summed E-state index contributed by atoms with van der Waals surface area (Å²) in [6.45, 7) is 6.26. The van der Waals surface area contributed by atoms with E-state index in [1.807, 2.05) is 65.6 Å². The minimum atomic E-state index is -1.01. The van der Waals surface area contributed by atoms with E-state index in [-0.39, 0.29) is 11.9 Å². The number of aromatic amines is 1. The number of hydrogen-bond donors (Lipinski definition) is 1. The zero-order valence-corrected chi connectivity index (χ0v) is 24.3. The van der Waals surface area contributed by atoms with Crippen LogP contribution < -0.4 is 4.74 Å². The van der Waals surface area contributed by atoms with Crippen LogP contribution in [-0.2, 0) is 20.8 Å². The van der Waals surface area contributed by atoms with Crippen LogP contribution in [0.5, 0.6) is 6.01 Å². The second-order valence-electron chi connectivity index (χ2n) is 10.7. The number of nitrogens with one attached hydrogen (secondary N) is 1. The Morgan fingerprint density at radius 2 is 1.88 bits per heavy atom. The summed E-state index contributed by atoms with van der Waals surface area (Å²) in [5, 5.41) is 14.3. The van der Waals surface area contributed by atoms with Gasteiger partial charge in [-0.2, -0.15) is 4.98 Å². The SMILES string of the molecule is CCOc1nc2cccc(C(=O)OC(C)OC(=O)C3CCCC3)c2n1Cc1ccc(-n2cc(C)cc2-c2nnn[nH]2)cc1. The molecule has 222 valence electrons. The van der Waals surface area contributed by atoms with Gasteiger partial charge in [0.15, 0.2) is 5.82 Å². The number of aromatic nitrogens is 7. The van der Waals surface area contributed by atoms with E-state index in [2.05, 4.69) is 25.6 Å². The largest absolute Gasteiger partial charge is 0.465 e. The first-order chi connectivity index (χ1) is 20.9. The lowest BCUT2D eigenvalue weighted by Crippen LogP contribution is -2.25. The van der Waals surface area contributed by atoms with Gasteiger partial charge in [0.25, 0.3) is 6.01 Å². The Morgan fingerprint density at radius 3 is 2.60 bits per heavy atom. The molecule has 1 fully saturated rings. The fraction of sp³-hybridized carbons (Fsp3) is 0.355. The van der Waals surface area contributed by atoms with Gasteiger partial charge in [-0.3, -0.25) is 9.36 Å². The van der Waals surface area contributed by atoms with Crippen molar-refractivity contribution in [1.82, 2.24) is 34.7 Å². The minimum Gasteiger partial charge on any atom is -0.465 e. The van der Waals surface area contributed by atoms with Crippen LogP contribution in [0.25, 0.3) is 28.2 Å². The number of esters is 2. The van der Waals surface area contributed by atoms with Crippen molar-refractivity contribution < 1.29 is 23.8 Å². The number of para-hydroxylation sites is 1. The molecule has 1 saturated carbocycles. The zero-order chi connectivity index (χ0) is 29.9. The lowest BCUT2D eigenvalue weighted by molar-refractivity contribution is -0.170. The van der Waals surface area contributed by atoms with E-state index in [1.165, 1.54) is 0 Å². The summed E-state index contributed by atoms with van der Waals surface area (Å²) in [6, 6.07) is 15.7. The molecule has 0 bridgehead atoms. The van der Waals surface area contributed by atoms with Crippen molar-refractivity contribution in [3.63, 3.8) is 0 Å². The highest BCUT2D eigenvalue weighted by Crippen LogP contribution is 2.29. The number of ether oxygens (including phenoxy) is 3. The first kappa shape index (κ1) is 28.1. The molecule has 1 N–H and O–H groups in total. The number of aryl methyl sites for hydroxylation is 1. The number of benzene rings is 2. The maximum atomic E-state index is 13.4. The second-order valence-corrected chi connectivity index (χ2v) is 10.7. The van der Waals surface area contributed by atoms with E-state index >= 15 is 0 Å². The van der Waals surface area contributed by atoms with Gasteiger partial charge in [0, 0.05) is 18.8 Å². The van der Waals surface area contributed by atoms with Crippen LogP contribution in [0.2, 0.25) is 0 Å². The Labute approximate surface area is 248 Å². The number of tetrazole rings is 1. The van der Waals surface area contributed by atoms with Gasteiger partial charge in [-0.25, -0.2) is 9.89 Å². The molecule has 5 aromatic rings. The molecule has 2 aromatic carbocycles. The molecule has 3 heterocycles. The van der Waals surface area contributed by atoms with Crippen LogP contribution in [0, 0.1) is 12.8 Å². The normalized spacial score (nSPS) is 14.2. The van der Waals surface area contributed by atoms with E-state index < -0.39 is 12.3 Å². The fourth-order valence-corrected chi connectivity index (χ4v) is 5.58. The lowest BCUT2D eigenvalue weighted by Gasteiger charge is -2.17. The topological polar surface area (TPSA) is 139 Å². The number of fused-ring (bicyclic) bond motifs is 1. The highest BCUT2D eigenvalue weighted by atomic mass is 16.7. The van der Waals surface area contributed by atoms with Crippen LogP contribution in [0.3, 0.4) is 0 Å². The smallest absolute Gasteiger partial charge is 0.343 e. The predicted molar refractivity (Wildman–Crippen MR) is 157 cm³/mol. The number of nitrogens with zero attached hydrogens (tertiary/aromatic N) is 6. The van der Waals surface area contributed by atoms with Crippen molar-refractivity contribution in [3.05, 3.63) is 71.4 Å². The molecule has 0 radical (unpaired) electrons. The number of H-pyrrole nitrogens is 1. The highest BCUT2D eigenvalue weighted by Gasteiger charge is 2.27. The Bertz CT molecular complexity index is 1730. The average molecular weight is 584 g/mol. The summed E-state index contributed by atoms with van der Waals surface area (Å²) in [5.74, 6) is -0.471. The summed E-state index contributed by atoms with van der Waals surface area (Å²) in [4.78, 5) is 30.5. The molecule has 43 heavy (non-hydrogen) atoms. The van der Waals surface area contributed by atoms with Gasteiger partial charge in [0.2, 0.25) is 6.29 Å². The molecule has 6 rings (SSSR count). The third-order valence-corrected chi connectivity index (χ3v) is 7.57. The predicted octanol–water partition coefficient (Wildman–Crippen LogP) is 5.00. The molecule has 3 aromatic heterocycles. The van der Waals surface area contributed by atoms with E-state index in [1.54, 1.807) is 19.1 Å². The van der Waals surface area contributed by atoms with Gasteiger partial charge >= 0.3 is 11.9 Å². The molecule has 1 aliphatic carbocycles. The fourth-order valence-electron chi connectivity index (χ4n) is 5.58. The summed E-state index contributed by atoms with van der Waals surface area (Å²) < 4.78 is 20.8. The third kappa shape index (κ3) is 5.85. The maximum Gasteiger partial charge on any atom is 0.343 e. The summed E-state index contributed by atoms with van der Waals surface area (Å²) in [6.07, 6.45) is 4.65. The zero-order valence-electron chi connectivity index (χ0n) is 24.3. The number of hydrogen-bond acceptors (Lipinski definition) is 9. The molecule has 1 unspecified atom stereocenters. The molecule has 0 aliphatic heterocycles. The lowest BCUT2D eigenvalue weighted by atomic mass is 10.1. The number of rotatable bonds is 10. The van der Waals surface area contributed by atoms with Crippen LogP contribution in [0.1, 0.15) is 61.0 Å². The second kappa shape index (κ2) is 12.1. The van der Waals surface area contributed by atoms with Crippen LogP contribution >= 0.6 is 0 Å². The Hall–Kier alpha value is -5.00. The van der Waals surface area contributed by atoms with Crippen molar-refractivity contribution in [1.29, 1.82) is 0 Å². The van der Waals surface area contributed by atoms with Gasteiger partial charge < -0.3 is 18.8 Å². The molecule has 12 nitrogen and oxygen atoms in total. The standard InChI is InChI=1S/C31H33N7O5/c1-4-41-31-32-25-11-7-10-24(30(40)43-20(3)42-29(39)22-8-5-6-9-22)27(25)38(31)18-21-12-14-23(15-13-21)37-17-19(2)16-26(37)28-33-35-36-34-28/h7,10-17,20,22H,4-6,8-9,18H2,1-3H3,(H,33,34,35,36). The van der Waals surface area contributed by atoms with Gasteiger partial charge in [0.05, 0.1) is 41.4 Å². The van der Waals surface area contributed by atoms with E-state index in [4.69, 9.17) is 14.2 Å².